The molecule has 1 fully saturated rings. The van der Waals surface area contributed by atoms with Crippen molar-refractivity contribution in [2.75, 3.05) is 20.2 Å². The molecule has 7 nitrogen and oxygen atoms in total. The summed E-state index contributed by atoms with van der Waals surface area (Å²) in [7, 11) is 1.64. The highest BCUT2D eigenvalue weighted by molar-refractivity contribution is 6.34. The van der Waals surface area contributed by atoms with E-state index in [2.05, 4.69) is 11.4 Å². The first-order chi connectivity index (χ1) is 19.7. The Morgan fingerprint density at radius 1 is 0.878 bits per heavy atom. The van der Waals surface area contributed by atoms with Gasteiger partial charge in [0.2, 0.25) is 0 Å². The van der Waals surface area contributed by atoms with Crippen molar-refractivity contribution < 1.29 is 24.2 Å². The molecule has 2 N–H and O–H groups in total. The average Bonchev–Trinajstić information content (AvgIpc) is 3.41. The van der Waals surface area contributed by atoms with E-state index >= 15 is 0 Å². The fourth-order valence-corrected chi connectivity index (χ4v) is 5.86. The number of likely N-dealkylation sites (tertiary alicyclic amines) is 1. The van der Waals surface area contributed by atoms with Crippen LogP contribution in [-0.4, -0.2) is 48.0 Å². The van der Waals surface area contributed by atoms with Gasteiger partial charge in [0.05, 0.1) is 19.6 Å². The zero-order valence-electron chi connectivity index (χ0n) is 22.3. The Kier molecular flexibility index (Phi) is 8.47. The number of hydrogen-bond acceptors (Lipinski definition) is 4. The molecule has 0 saturated carbocycles. The number of methoxy groups -OCH3 is 1. The van der Waals surface area contributed by atoms with E-state index in [9.17, 15) is 14.4 Å². The van der Waals surface area contributed by atoms with Crippen molar-refractivity contribution in [1.29, 1.82) is 0 Å². The molecule has 9 heteroatoms. The van der Waals surface area contributed by atoms with Crippen LogP contribution in [0.4, 0.5) is 0 Å². The van der Waals surface area contributed by atoms with Crippen molar-refractivity contribution >= 4 is 51.8 Å². The average molecular weight is 591 g/mol. The van der Waals surface area contributed by atoms with Crippen LogP contribution in [0.2, 0.25) is 10.0 Å². The van der Waals surface area contributed by atoms with E-state index in [1.54, 1.807) is 37.4 Å². The van der Waals surface area contributed by atoms with Crippen LogP contribution in [-0.2, 0) is 4.79 Å². The zero-order chi connectivity index (χ0) is 29.1. The van der Waals surface area contributed by atoms with Gasteiger partial charge in [-0.2, -0.15) is 0 Å². The van der Waals surface area contributed by atoms with Crippen LogP contribution >= 0.6 is 23.2 Å². The van der Waals surface area contributed by atoms with E-state index in [0.29, 0.717) is 34.1 Å². The Balaban J connectivity index is 1.44. The van der Waals surface area contributed by atoms with Crippen LogP contribution in [0.15, 0.2) is 78.9 Å². The van der Waals surface area contributed by atoms with Gasteiger partial charge in [0, 0.05) is 40.2 Å². The molecular weight excluding hydrogens is 563 g/mol. The van der Waals surface area contributed by atoms with Crippen molar-refractivity contribution in [2.24, 2.45) is 0 Å². The fraction of sp³-hybridized carbons (Fsp3) is 0.219. The summed E-state index contributed by atoms with van der Waals surface area (Å²) in [5.74, 6) is -0.741. The van der Waals surface area contributed by atoms with Gasteiger partial charge >= 0.3 is 5.97 Å². The number of aliphatic carboxylic acids is 1. The van der Waals surface area contributed by atoms with Crippen molar-refractivity contribution in [3.8, 4) is 5.75 Å². The Morgan fingerprint density at radius 3 is 2.22 bits per heavy atom. The first-order valence-electron chi connectivity index (χ1n) is 13.2. The summed E-state index contributed by atoms with van der Waals surface area (Å²) in [5.41, 5.74) is 2.79. The van der Waals surface area contributed by atoms with Crippen LogP contribution in [0.25, 0.3) is 10.8 Å². The zero-order valence-corrected chi connectivity index (χ0v) is 23.8. The second-order valence-corrected chi connectivity index (χ2v) is 10.9. The predicted octanol–water partition coefficient (Wildman–Crippen LogP) is 6.73. The standard InChI is InChI=1S/C32H28Cl2N2O5/c1-41-28-9-8-21-12-23(7-6-22(21)15-28)29-16-25(24-13-26(33)17-27(34)14-24)18-36(29)32(40)20-4-2-19(3-5-20)31(39)35-11-10-30(37)38/h2-9,12-15,17,25,29H,10-11,16,18H2,1H3,(H,35,39)(H,37,38)/t25-,29-/m1/s1. The van der Waals surface area contributed by atoms with Gasteiger partial charge in [-0.1, -0.05) is 41.4 Å². The number of nitrogens with zero attached hydrogens (tertiary/aromatic N) is 1. The van der Waals surface area contributed by atoms with Crippen molar-refractivity contribution in [1.82, 2.24) is 10.2 Å². The summed E-state index contributed by atoms with van der Waals surface area (Å²) < 4.78 is 5.36. The van der Waals surface area contributed by atoms with Gasteiger partial charge in [0.15, 0.2) is 0 Å². The fourth-order valence-electron chi connectivity index (χ4n) is 5.32. The van der Waals surface area contributed by atoms with Gasteiger partial charge in [-0.25, -0.2) is 0 Å². The normalized spacial score (nSPS) is 16.5. The first kappa shape index (κ1) is 28.5. The van der Waals surface area contributed by atoms with Crippen LogP contribution in [0.3, 0.4) is 0 Å². The molecule has 2 atom stereocenters. The van der Waals surface area contributed by atoms with E-state index in [1.807, 2.05) is 47.4 Å². The van der Waals surface area contributed by atoms with E-state index in [1.165, 1.54) is 0 Å². The Bertz CT molecular complexity index is 1600. The molecule has 4 aromatic carbocycles. The smallest absolute Gasteiger partial charge is 0.305 e. The van der Waals surface area contributed by atoms with Gasteiger partial charge in [-0.3, -0.25) is 14.4 Å². The van der Waals surface area contributed by atoms with E-state index in [-0.39, 0.29) is 30.8 Å². The molecule has 1 aliphatic rings. The molecule has 0 unspecified atom stereocenters. The number of nitrogens with one attached hydrogen (secondary N) is 1. The van der Waals surface area contributed by atoms with E-state index in [0.717, 1.165) is 27.6 Å². The third-order valence-corrected chi connectivity index (χ3v) is 7.83. The van der Waals surface area contributed by atoms with E-state index in [4.69, 9.17) is 33.0 Å². The molecule has 1 heterocycles. The molecule has 0 spiro atoms. The quantitative estimate of drug-likeness (QED) is 0.237. The SMILES string of the molecule is COc1ccc2cc([C@H]3C[C@@H](c4cc(Cl)cc(Cl)c4)CN3C(=O)c3ccc(C(=O)NCCC(=O)O)cc3)ccc2c1. The van der Waals surface area contributed by atoms with E-state index < -0.39 is 11.9 Å². The van der Waals surface area contributed by atoms with Gasteiger partial charge in [0.1, 0.15) is 5.75 Å². The maximum atomic E-state index is 13.9. The molecule has 1 aliphatic heterocycles. The number of carbonyl (C=O) groups excluding carboxylic acids is 2. The first-order valence-corrected chi connectivity index (χ1v) is 13.9. The minimum atomic E-state index is -0.990. The second kappa shape index (κ2) is 12.2. The lowest BCUT2D eigenvalue weighted by atomic mass is 9.93. The Labute approximate surface area is 247 Å². The molecule has 0 aliphatic carbocycles. The second-order valence-electron chi connectivity index (χ2n) is 10.1. The topological polar surface area (TPSA) is 95.9 Å². The summed E-state index contributed by atoms with van der Waals surface area (Å²) in [6.07, 6.45) is 0.522. The number of carbonyl (C=O) groups is 3. The number of fused-ring (bicyclic) bond motifs is 1. The van der Waals surface area contributed by atoms with Crippen LogP contribution in [0.5, 0.6) is 5.75 Å². The summed E-state index contributed by atoms with van der Waals surface area (Å²) in [4.78, 5) is 38.9. The number of carboxylic acid groups (broad SMARTS) is 1. The molecule has 41 heavy (non-hydrogen) atoms. The molecule has 2 amide bonds. The maximum Gasteiger partial charge on any atom is 0.305 e. The maximum absolute atomic E-state index is 13.9. The largest absolute Gasteiger partial charge is 0.497 e. The number of rotatable bonds is 8. The summed E-state index contributed by atoms with van der Waals surface area (Å²) in [6, 6.07) is 23.8. The number of hydrogen-bond donors (Lipinski definition) is 2. The highest BCUT2D eigenvalue weighted by atomic mass is 35.5. The van der Waals surface area contributed by atoms with Crippen LogP contribution < -0.4 is 10.1 Å². The van der Waals surface area contributed by atoms with Crippen LogP contribution in [0.1, 0.15) is 56.6 Å². The Hall–Kier alpha value is -4.07. The number of benzene rings is 4. The molecular formula is C32H28Cl2N2O5. The third kappa shape index (κ3) is 6.47. The highest BCUT2D eigenvalue weighted by Gasteiger charge is 2.37. The number of ether oxygens (including phenoxy) is 1. The Morgan fingerprint density at radius 2 is 1.54 bits per heavy atom. The number of halogens is 2. The van der Waals surface area contributed by atoms with Gasteiger partial charge in [-0.05, 0) is 89.0 Å². The van der Waals surface area contributed by atoms with Crippen molar-refractivity contribution in [2.45, 2.75) is 24.8 Å². The molecule has 1 saturated heterocycles. The van der Waals surface area contributed by atoms with Gasteiger partial charge < -0.3 is 20.1 Å². The van der Waals surface area contributed by atoms with Crippen molar-refractivity contribution in [3.05, 3.63) is 111 Å². The molecule has 5 rings (SSSR count). The number of carboxylic acids is 1. The predicted molar refractivity (Wildman–Crippen MR) is 159 cm³/mol. The highest BCUT2D eigenvalue weighted by Crippen LogP contribution is 2.43. The lowest BCUT2D eigenvalue weighted by molar-refractivity contribution is -0.136. The third-order valence-electron chi connectivity index (χ3n) is 7.39. The molecule has 0 aromatic heterocycles. The van der Waals surface area contributed by atoms with Gasteiger partial charge in [-0.15, -0.1) is 0 Å². The molecule has 4 aromatic rings. The number of amides is 2. The summed E-state index contributed by atoms with van der Waals surface area (Å²) in [6.45, 7) is 0.496. The lowest BCUT2D eigenvalue weighted by Gasteiger charge is -2.25. The minimum Gasteiger partial charge on any atom is -0.497 e. The molecule has 210 valence electrons. The summed E-state index contributed by atoms with van der Waals surface area (Å²) >= 11 is 12.6. The molecule has 0 bridgehead atoms. The lowest BCUT2D eigenvalue weighted by Crippen LogP contribution is -2.31. The molecule has 0 radical (unpaired) electrons. The van der Waals surface area contributed by atoms with Gasteiger partial charge in [0.25, 0.3) is 11.8 Å². The minimum absolute atomic E-state index is 0.0194. The van der Waals surface area contributed by atoms with Crippen LogP contribution in [0, 0.1) is 0 Å². The monoisotopic (exact) mass is 590 g/mol. The summed E-state index contributed by atoms with van der Waals surface area (Å²) in [5, 5.41) is 14.5. The van der Waals surface area contributed by atoms with Crippen molar-refractivity contribution in [3.63, 3.8) is 0 Å².